The van der Waals surface area contributed by atoms with Crippen molar-refractivity contribution in [3.8, 4) is 0 Å². The first-order valence-electron chi connectivity index (χ1n) is 22.3. The van der Waals surface area contributed by atoms with E-state index in [2.05, 4.69) is 49.6 Å². The van der Waals surface area contributed by atoms with Gasteiger partial charge in [-0.3, -0.25) is 0 Å². The van der Waals surface area contributed by atoms with E-state index in [1.54, 1.807) is 5.82 Å². The molecule has 278 valence electrons. The van der Waals surface area contributed by atoms with Crippen LogP contribution in [0.25, 0.3) is 0 Å². The highest BCUT2D eigenvalue weighted by molar-refractivity contribution is 4.90. The Balaban J connectivity index is 2.39. The van der Waals surface area contributed by atoms with E-state index < -0.39 is 0 Å². The molecule has 1 N–H and O–H groups in total. The number of imidazole rings is 1. The highest BCUT2D eigenvalue weighted by atomic mass is 15.1. The van der Waals surface area contributed by atoms with Gasteiger partial charge >= 0.3 is 0 Å². The molecule has 0 saturated carbocycles. The fourth-order valence-corrected chi connectivity index (χ4v) is 7.84. The molecule has 2 unspecified atom stereocenters. The quantitative estimate of drug-likeness (QED) is 0.0539. The Hall–Kier alpha value is -0.790. The molecule has 0 saturated heterocycles. The smallest absolute Gasteiger partial charge is 0.247 e. The number of nitrogens with zero attached hydrogens (tertiary/aromatic N) is 1. The van der Waals surface area contributed by atoms with Gasteiger partial charge in [0.15, 0.2) is 0 Å². The van der Waals surface area contributed by atoms with Gasteiger partial charge in [0.1, 0.15) is 12.4 Å². The molecular formula is C45H89N2+. The average molecular weight is 658 g/mol. The molecule has 2 atom stereocenters. The van der Waals surface area contributed by atoms with Crippen molar-refractivity contribution in [3.63, 3.8) is 0 Å². The second-order valence-electron chi connectivity index (χ2n) is 15.8. The highest BCUT2D eigenvalue weighted by Crippen LogP contribution is 2.27. The molecule has 0 bridgehead atoms. The lowest BCUT2D eigenvalue weighted by atomic mass is 9.92. The van der Waals surface area contributed by atoms with E-state index in [1.165, 1.54) is 231 Å². The van der Waals surface area contributed by atoms with Crippen LogP contribution >= 0.6 is 0 Å². The Morgan fingerprint density at radius 3 is 1.00 bits per heavy atom. The number of hydrogen-bond acceptors (Lipinski definition) is 0. The summed E-state index contributed by atoms with van der Waals surface area (Å²) in [5.74, 6) is 2.25. The van der Waals surface area contributed by atoms with E-state index in [0.717, 1.165) is 0 Å². The van der Waals surface area contributed by atoms with Crippen LogP contribution in [0.2, 0.25) is 0 Å². The molecule has 0 radical (unpaired) electrons. The summed E-state index contributed by atoms with van der Waals surface area (Å²) in [5, 5.41) is 0. The van der Waals surface area contributed by atoms with E-state index in [0.29, 0.717) is 12.0 Å². The Morgan fingerprint density at radius 2 is 0.681 bits per heavy atom. The molecule has 0 aliphatic heterocycles. The summed E-state index contributed by atoms with van der Waals surface area (Å²) in [7, 11) is 0. The molecule has 47 heavy (non-hydrogen) atoms. The molecule has 2 nitrogen and oxygen atoms in total. The molecule has 0 aromatic carbocycles. The summed E-state index contributed by atoms with van der Waals surface area (Å²) < 4.78 is 2.65. The van der Waals surface area contributed by atoms with Gasteiger partial charge in [-0.25, -0.2) is 9.55 Å². The second-order valence-corrected chi connectivity index (χ2v) is 15.8. The fourth-order valence-electron chi connectivity index (χ4n) is 7.84. The van der Waals surface area contributed by atoms with Crippen molar-refractivity contribution >= 4 is 0 Å². The van der Waals surface area contributed by atoms with Crippen molar-refractivity contribution < 1.29 is 4.57 Å². The van der Waals surface area contributed by atoms with Crippen molar-refractivity contribution in [2.75, 3.05) is 0 Å². The first-order valence-corrected chi connectivity index (χ1v) is 22.3. The third-order valence-electron chi connectivity index (χ3n) is 11.1. The molecule has 0 spiro atoms. The Kier molecular flexibility index (Phi) is 33.0. The zero-order valence-corrected chi connectivity index (χ0v) is 33.2. The van der Waals surface area contributed by atoms with Crippen LogP contribution in [0.3, 0.4) is 0 Å². The van der Waals surface area contributed by atoms with Gasteiger partial charge in [0, 0.05) is 0 Å². The summed E-state index contributed by atoms with van der Waals surface area (Å²) in [4.78, 5) is 3.77. The summed E-state index contributed by atoms with van der Waals surface area (Å²) in [6, 6.07) is 0.618. The number of aromatic nitrogens is 2. The Bertz CT molecular complexity index is 723. The number of nitrogens with one attached hydrogen (secondary N) is 1. The van der Waals surface area contributed by atoms with Gasteiger partial charge < -0.3 is 0 Å². The van der Waals surface area contributed by atoms with Crippen molar-refractivity contribution in [1.82, 2.24) is 4.98 Å². The average Bonchev–Trinajstić information content (AvgIpc) is 3.57. The van der Waals surface area contributed by atoms with Gasteiger partial charge in [-0.2, -0.15) is 0 Å². The van der Waals surface area contributed by atoms with Crippen LogP contribution < -0.4 is 4.57 Å². The lowest BCUT2D eigenvalue weighted by Crippen LogP contribution is -2.41. The molecule has 1 aromatic rings. The predicted molar refractivity (Wildman–Crippen MR) is 212 cm³/mol. The van der Waals surface area contributed by atoms with Crippen molar-refractivity contribution in [1.29, 1.82) is 0 Å². The summed E-state index contributed by atoms with van der Waals surface area (Å²) in [6.07, 6.45) is 56.1. The minimum Gasteiger partial charge on any atom is -0.247 e. The molecule has 0 amide bonds. The van der Waals surface area contributed by atoms with Crippen molar-refractivity contribution in [3.05, 3.63) is 18.2 Å². The lowest BCUT2D eigenvalue weighted by Gasteiger charge is -2.17. The molecule has 2 heteroatoms. The molecule has 0 aliphatic carbocycles. The Labute approximate surface area is 297 Å². The topological polar surface area (TPSA) is 19.7 Å². The van der Waals surface area contributed by atoms with Gasteiger partial charge in [0.2, 0.25) is 0 Å². The number of unbranched alkanes of at least 4 members (excludes halogenated alkanes) is 30. The number of rotatable bonds is 38. The van der Waals surface area contributed by atoms with Crippen LogP contribution in [-0.2, 0) is 0 Å². The predicted octanol–water partition coefficient (Wildman–Crippen LogP) is 16.1. The lowest BCUT2D eigenvalue weighted by molar-refractivity contribution is -0.727. The monoisotopic (exact) mass is 658 g/mol. The third-order valence-corrected chi connectivity index (χ3v) is 11.1. The second kappa shape index (κ2) is 35.1. The van der Waals surface area contributed by atoms with Crippen LogP contribution in [0.4, 0.5) is 0 Å². The molecular weight excluding hydrogens is 569 g/mol. The first-order chi connectivity index (χ1) is 23.2. The summed E-state index contributed by atoms with van der Waals surface area (Å²) >= 11 is 0. The molecule has 0 aliphatic rings. The zero-order chi connectivity index (χ0) is 33.9. The van der Waals surface area contributed by atoms with Crippen LogP contribution in [0.5, 0.6) is 0 Å². The van der Waals surface area contributed by atoms with E-state index >= 15 is 0 Å². The maximum absolute atomic E-state index is 3.77. The van der Waals surface area contributed by atoms with E-state index in [4.69, 9.17) is 0 Å². The standard InChI is InChI=1S/C45H88N2/c1-5-8-11-14-17-20-22-23-25-28-31-34-37-40-44(39-36-33-30-26-19-16-13-10-7-3)45-46-41-42-47(45)43(4)38-35-32-29-27-24-21-18-15-12-9-6-2/h41-44H,5-40H2,1-4H3/p+1. The van der Waals surface area contributed by atoms with Crippen LogP contribution in [0.1, 0.15) is 277 Å². The molecule has 0 fully saturated rings. The number of H-pyrrole nitrogens is 1. The SMILES string of the molecule is CCCCCCCCCCCCCCCC(CCCCCCCCCCC)c1[nH]cc[n+]1C(C)CCCCCCCCCCCCC. The van der Waals surface area contributed by atoms with Gasteiger partial charge in [0.05, 0.1) is 12.0 Å². The van der Waals surface area contributed by atoms with Gasteiger partial charge in [0.25, 0.3) is 5.82 Å². The van der Waals surface area contributed by atoms with Gasteiger partial charge in [-0.1, -0.05) is 226 Å². The van der Waals surface area contributed by atoms with Crippen LogP contribution in [0, 0.1) is 0 Å². The van der Waals surface area contributed by atoms with Gasteiger partial charge in [-0.05, 0) is 32.6 Å². The third kappa shape index (κ3) is 26.7. The van der Waals surface area contributed by atoms with Crippen LogP contribution in [-0.4, -0.2) is 4.98 Å². The minimum absolute atomic E-state index is 0.618. The maximum Gasteiger partial charge on any atom is 0.257 e. The fraction of sp³-hybridized carbons (Fsp3) is 0.933. The molecule has 1 heterocycles. The zero-order valence-electron chi connectivity index (χ0n) is 33.2. The van der Waals surface area contributed by atoms with E-state index in [-0.39, 0.29) is 0 Å². The van der Waals surface area contributed by atoms with Crippen LogP contribution in [0.15, 0.2) is 12.4 Å². The highest BCUT2D eigenvalue weighted by Gasteiger charge is 2.25. The summed E-state index contributed by atoms with van der Waals surface area (Å²) in [6.45, 7) is 9.43. The summed E-state index contributed by atoms with van der Waals surface area (Å²) in [5.41, 5.74) is 0. The molecule has 1 aromatic heterocycles. The number of hydrogen-bond donors (Lipinski definition) is 1. The minimum atomic E-state index is 0.618. The van der Waals surface area contributed by atoms with Crippen molar-refractivity contribution in [2.45, 2.75) is 271 Å². The largest absolute Gasteiger partial charge is 0.257 e. The van der Waals surface area contributed by atoms with Crippen molar-refractivity contribution in [2.24, 2.45) is 0 Å². The normalized spacial score (nSPS) is 13.0. The van der Waals surface area contributed by atoms with Gasteiger partial charge in [-0.15, -0.1) is 0 Å². The number of aromatic amines is 1. The Morgan fingerprint density at radius 1 is 0.404 bits per heavy atom. The van der Waals surface area contributed by atoms with E-state index in [1.807, 2.05) is 0 Å². The van der Waals surface area contributed by atoms with E-state index in [9.17, 15) is 0 Å². The molecule has 1 rings (SSSR count). The first kappa shape index (κ1) is 44.2. The maximum atomic E-state index is 3.77.